The van der Waals surface area contributed by atoms with Crippen molar-refractivity contribution in [1.29, 1.82) is 0 Å². The highest BCUT2D eigenvalue weighted by molar-refractivity contribution is 7.99. The van der Waals surface area contributed by atoms with Gasteiger partial charge in [-0.2, -0.15) is 11.8 Å². The van der Waals surface area contributed by atoms with E-state index in [-0.39, 0.29) is 0 Å². The van der Waals surface area contributed by atoms with Gasteiger partial charge in [-0.1, -0.05) is 6.92 Å². The number of hydrogen-bond acceptors (Lipinski definition) is 3. The number of ether oxygens (including phenoxy) is 1. The van der Waals surface area contributed by atoms with Gasteiger partial charge in [0, 0.05) is 25.0 Å². The number of nitrogens with two attached hydrogens (primary N) is 1. The van der Waals surface area contributed by atoms with Crippen LogP contribution in [0.5, 0.6) is 0 Å². The van der Waals surface area contributed by atoms with E-state index in [9.17, 15) is 0 Å². The summed E-state index contributed by atoms with van der Waals surface area (Å²) in [6, 6.07) is 0.388. The lowest BCUT2D eigenvalue weighted by atomic mass is 9.94. The maximum Gasteiger partial charge on any atom is 0.0469 e. The van der Waals surface area contributed by atoms with E-state index in [1.165, 1.54) is 5.75 Å². The molecule has 2 N–H and O–H groups in total. The first-order valence-corrected chi connectivity index (χ1v) is 5.91. The molecule has 0 aromatic heterocycles. The van der Waals surface area contributed by atoms with Crippen LogP contribution in [-0.4, -0.2) is 30.8 Å². The Kier molecular flexibility index (Phi) is 5.04. The van der Waals surface area contributed by atoms with Crippen LogP contribution in [0.1, 0.15) is 19.8 Å². The molecule has 1 aliphatic heterocycles. The van der Waals surface area contributed by atoms with Gasteiger partial charge in [-0.15, -0.1) is 0 Å². The van der Waals surface area contributed by atoms with Gasteiger partial charge >= 0.3 is 0 Å². The third-order valence-electron chi connectivity index (χ3n) is 2.39. The predicted octanol–water partition coefficient (Wildman–Crippen LogP) is 1.49. The van der Waals surface area contributed by atoms with Crippen molar-refractivity contribution >= 4 is 11.8 Å². The second-order valence-electron chi connectivity index (χ2n) is 3.27. The number of hydrogen-bond donors (Lipinski definition) is 1. The van der Waals surface area contributed by atoms with Crippen molar-refractivity contribution in [1.82, 2.24) is 0 Å². The summed E-state index contributed by atoms with van der Waals surface area (Å²) in [6.45, 7) is 4.01. The van der Waals surface area contributed by atoms with Crippen molar-refractivity contribution in [2.24, 2.45) is 11.7 Å². The summed E-state index contributed by atoms with van der Waals surface area (Å²) in [4.78, 5) is 0. The van der Waals surface area contributed by atoms with Gasteiger partial charge in [0.05, 0.1) is 0 Å². The Bertz CT molecular complexity index is 115. The molecule has 0 radical (unpaired) electrons. The van der Waals surface area contributed by atoms with Crippen molar-refractivity contribution in [3.8, 4) is 0 Å². The minimum Gasteiger partial charge on any atom is -0.381 e. The summed E-state index contributed by atoms with van der Waals surface area (Å²) in [5.74, 6) is 3.00. The fourth-order valence-corrected chi connectivity index (χ4v) is 2.31. The molecule has 1 saturated heterocycles. The van der Waals surface area contributed by atoms with Gasteiger partial charge in [0.15, 0.2) is 0 Å². The van der Waals surface area contributed by atoms with Crippen LogP contribution in [0.2, 0.25) is 0 Å². The van der Waals surface area contributed by atoms with Crippen LogP contribution in [0, 0.1) is 5.92 Å². The molecule has 1 fully saturated rings. The minimum absolute atomic E-state index is 0.388. The number of thioether (sulfide) groups is 1. The Balaban J connectivity index is 2.15. The Hall–Kier alpha value is 0.270. The van der Waals surface area contributed by atoms with Crippen LogP contribution >= 0.6 is 11.8 Å². The average molecular weight is 189 g/mol. The molecular weight excluding hydrogens is 170 g/mol. The third-order valence-corrected chi connectivity index (χ3v) is 3.41. The van der Waals surface area contributed by atoms with Crippen LogP contribution in [0.4, 0.5) is 0 Å². The molecule has 3 heteroatoms. The zero-order valence-electron chi connectivity index (χ0n) is 7.79. The smallest absolute Gasteiger partial charge is 0.0469 e. The van der Waals surface area contributed by atoms with Crippen molar-refractivity contribution in [3.05, 3.63) is 0 Å². The molecule has 0 aromatic carbocycles. The molecule has 1 rings (SSSR count). The van der Waals surface area contributed by atoms with Crippen molar-refractivity contribution in [2.75, 3.05) is 24.7 Å². The summed E-state index contributed by atoms with van der Waals surface area (Å²) in [5.41, 5.74) is 6.06. The molecule has 1 atom stereocenters. The maximum atomic E-state index is 6.06. The Morgan fingerprint density at radius 1 is 1.50 bits per heavy atom. The molecule has 1 aliphatic rings. The molecule has 72 valence electrons. The van der Waals surface area contributed by atoms with E-state index in [0.717, 1.165) is 31.8 Å². The van der Waals surface area contributed by atoms with Gasteiger partial charge in [0.1, 0.15) is 0 Å². The fraction of sp³-hybridized carbons (Fsp3) is 1.00. The van der Waals surface area contributed by atoms with E-state index >= 15 is 0 Å². The van der Waals surface area contributed by atoms with E-state index in [4.69, 9.17) is 10.5 Å². The van der Waals surface area contributed by atoms with Gasteiger partial charge in [-0.25, -0.2) is 0 Å². The summed E-state index contributed by atoms with van der Waals surface area (Å²) in [6.07, 6.45) is 2.32. The summed E-state index contributed by atoms with van der Waals surface area (Å²) < 4.78 is 5.29. The molecule has 0 bridgehead atoms. The molecule has 0 aliphatic carbocycles. The highest BCUT2D eigenvalue weighted by atomic mass is 32.2. The molecule has 2 nitrogen and oxygen atoms in total. The summed E-state index contributed by atoms with van der Waals surface area (Å²) in [7, 11) is 0. The lowest BCUT2D eigenvalue weighted by Gasteiger charge is -2.27. The third kappa shape index (κ3) is 3.33. The normalized spacial score (nSPS) is 22.5. The Morgan fingerprint density at radius 3 is 2.75 bits per heavy atom. The molecule has 0 aromatic rings. The quantitative estimate of drug-likeness (QED) is 0.728. The first-order chi connectivity index (χ1) is 5.84. The highest BCUT2D eigenvalue weighted by Crippen LogP contribution is 2.19. The van der Waals surface area contributed by atoms with Crippen LogP contribution in [0.15, 0.2) is 0 Å². The van der Waals surface area contributed by atoms with Crippen LogP contribution in [0.25, 0.3) is 0 Å². The second kappa shape index (κ2) is 5.84. The first-order valence-electron chi connectivity index (χ1n) is 4.75. The molecule has 0 saturated carbocycles. The van der Waals surface area contributed by atoms with E-state index in [2.05, 4.69) is 6.92 Å². The molecular formula is C9H19NOS. The van der Waals surface area contributed by atoms with Crippen molar-refractivity contribution < 1.29 is 4.74 Å². The minimum atomic E-state index is 0.388. The summed E-state index contributed by atoms with van der Waals surface area (Å²) in [5, 5.41) is 0. The van der Waals surface area contributed by atoms with Gasteiger partial charge in [-0.3, -0.25) is 0 Å². The van der Waals surface area contributed by atoms with E-state index in [1.807, 2.05) is 11.8 Å². The van der Waals surface area contributed by atoms with Crippen LogP contribution in [0.3, 0.4) is 0 Å². The zero-order valence-corrected chi connectivity index (χ0v) is 8.61. The molecule has 0 spiro atoms. The van der Waals surface area contributed by atoms with Gasteiger partial charge in [0.25, 0.3) is 0 Å². The zero-order chi connectivity index (χ0) is 8.81. The maximum absolute atomic E-state index is 6.06. The Labute approximate surface area is 79.2 Å². The predicted molar refractivity (Wildman–Crippen MR) is 54.5 cm³/mol. The number of rotatable bonds is 4. The largest absolute Gasteiger partial charge is 0.381 e. The van der Waals surface area contributed by atoms with Gasteiger partial charge < -0.3 is 10.5 Å². The fourth-order valence-electron chi connectivity index (χ4n) is 1.53. The SMILES string of the molecule is CCSCC(N)C1CCOCC1. The Morgan fingerprint density at radius 2 is 2.17 bits per heavy atom. The molecule has 12 heavy (non-hydrogen) atoms. The van der Waals surface area contributed by atoms with Crippen molar-refractivity contribution in [3.63, 3.8) is 0 Å². The molecule has 1 heterocycles. The van der Waals surface area contributed by atoms with E-state index in [0.29, 0.717) is 12.0 Å². The van der Waals surface area contributed by atoms with Crippen LogP contribution < -0.4 is 5.73 Å². The van der Waals surface area contributed by atoms with Gasteiger partial charge in [0.2, 0.25) is 0 Å². The van der Waals surface area contributed by atoms with Crippen molar-refractivity contribution in [2.45, 2.75) is 25.8 Å². The van der Waals surface area contributed by atoms with Crippen LogP contribution in [-0.2, 0) is 4.74 Å². The topological polar surface area (TPSA) is 35.2 Å². The second-order valence-corrected chi connectivity index (χ2v) is 4.59. The molecule has 1 unspecified atom stereocenters. The first kappa shape index (κ1) is 10.4. The summed E-state index contributed by atoms with van der Waals surface area (Å²) >= 11 is 1.94. The average Bonchev–Trinajstić information content (AvgIpc) is 2.15. The van der Waals surface area contributed by atoms with Gasteiger partial charge in [-0.05, 0) is 24.5 Å². The highest BCUT2D eigenvalue weighted by Gasteiger charge is 2.20. The monoisotopic (exact) mass is 189 g/mol. The van der Waals surface area contributed by atoms with E-state index < -0.39 is 0 Å². The van der Waals surface area contributed by atoms with E-state index in [1.54, 1.807) is 0 Å². The lowest BCUT2D eigenvalue weighted by Crippen LogP contribution is -2.36. The molecule has 0 amide bonds. The standard InChI is InChI=1S/C9H19NOS/c1-2-12-7-9(10)8-3-5-11-6-4-8/h8-9H,2-7,10H2,1H3. The lowest BCUT2D eigenvalue weighted by molar-refractivity contribution is 0.0607.